The maximum Gasteiger partial charge on any atom is 0.246 e. The lowest BCUT2D eigenvalue weighted by Crippen LogP contribution is -2.18. The Morgan fingerprint density at radius 1 is 1.50 bits per heavy atom. The minimum atomic E-state index is -1.51. The van der Waals surface area contributed by atoms with E-state index >= 15 is 0 Å². The Morgan fingerprint density at radius 3 is 2.67 bits per heavy atom. The van der Waals surface area contributed by atoms with Crippen molar-refractivity contribution >= 4 is 29.6 Å². The summed E-state index contributed by atoms with van der Waals surface area (Å²) < 4.78 is 0. The minimum Gasteiger partial charge on any atom is -0.149 e. The molecule has 3 unspecified atom stereocenters. The van der Waals surface area contributed by atoms with Gasteiger partial charge in [0.15, 0.2) is 0 Å². The van der Waals surface area contributed by atoms with E-state index in [1.54, 1.807) is 0 Å². The standard InChI is InChI=1S/C9H14Cl2Si/c1-2-7-5-9(12(10)11)4-3-8(7)6-9/h3-4,7-8,12H,2,5-6H2,1H3. The van der Waals surface area contributed by atoms with Gasteiger partial charge in [-0.25, -0.2) is 0 Å². The molecule has 2 bridgehead atoms. The van der Waals surface area contributed by atoms with Crippen molar-refractivity contribution in [2.75, 3.05) is 0 Å². The average Bonchev–Trinajstić information content (AvgIpc) is 2.61. The third kappa shape index (κ3) is 1.18. The summed E-state index contributed by atoms with van der Waals surface area (Å²) in [4.78, 5) is 0. The van der Waals surface area contributed by atoms with Crippen LogP contribution in [0.5, 0.6) is 0 Å². The quantitative estimate of drug-likeness (QED) is 0.380. The van der Waals surface area contributed by atoms with E-state index < -0.39 is 7.42 Å². The maximum absolute atomic E-state index is 6.14. The van der Waals surface area contributed by atoms with Crippen LogP contribution in [-0.2, 0) is 0 Å². The van der Waals surface area contributed by atoms with E-state index in [0.29, 0.717) is 0 Å². The van der Waals surface area contributed by atoms with Crippen molar-refractivity contribution < 1.29 is 0 Å². The van der Waals surface area contributed by atoms with E-state index in [4.69, 9.17) is 22.2 Å². The van der Waals surface area contributed by atoms with Gasteiger partial charge >= 0.3 is 0 Å². The second-order valence-corrected chi connectivity index (χ2v) is 9.17. The summed E-state index contributed by atoms with van der Waals surface area (Å²) in [5.41, 5.74) is 0. The molecule has 0 aromatic carbocycles. The lowest BCUT2D eigenvalue weighted by Gasteiger charge is -2.25. The van der Waals surface area contributed by atoms with Crippen LogP contribution in [0, 0.1) is 11.8 Å². The molecule has 2 aliphatic rings. The zero-order valence-electron chi connectivity index (χ0n) is 7.26. The molecule has 0 nitrogen and oxygen atoms in total. The van der Waals surface area contributed by atoms with Crippen LogP contribution in [0.4, 0.5) is 0 Å². The van der Waals surface area contributed by atoms with Crippen LogP contribution in [0.25, 0.3) is 0 Å². The molecule has 0 spiro atoms. The molecule has 3 heteroatoms. The van der Waals surface area contributed by atoms with Gasteiger partial charge in [0.05, 0.1) is 0 Å². The van der Waals surface area contributed by atoms with Crippen LogP contribution in [0.1, 0.15) is 26.2 Å². The zero-order valence-corrected chi connectivity index (χ0v) is 9.93. The fourth-order valence-corrected chi connectivity index (χ4v) is 5.40. The number of hydrogen-bond donors (Lipinski definition) is 0. The van der Waals surface area contributed by atoms with Gasteiger partial charge in [0.2, 0.25) is 7.42 Å². The molecule has 2 aliphatic carbocycles. The fraction of sp³-hybridized carbons (Fsp3) is 0.778. The Bertz CT molecular complexity index is 215. The summed E-state index contributed by atoms with van der Waals surface area (Å²) in [5.74, 6) is 1.66. The van der Waals surface area contributed by atoms with E-state index in [-0.39, 0.29) is 5.04 Å². The lowest BCUT2D eigenvalue weighted by atomic mass is 9.91. The van der Waals surface area contributed by atoms with E-state index in [0.717, 1.165) is 11.8 Å². The summed E-state index contributed by atoms with van der Waals surface area (Å²) in [5, 5.41) is 0.272. The van der Waals surface area contributed by atoms with Gasteiger partial charge in [0, 0.05) is 5.04 Å². The first-order chi connectivity index (χ1) is 5.68. The molecule has 0 N–H and O–H groups in total. The minimum absolute atomic E-state index is 0.272. The predicted octanol–water partition coefficient (Wildman–Crippen LogP) is 3.43. The Balaban J connectivity index is 2.19. The Kier molecular flexibility index (Phi) is 2.30. The van der Waals surface area contributed by atoms with Crippen LogP contribution in [-0.4, -0.2) is 7.42 Å². The first kappa shape index (κ1) is 9.11. The molecule has 12 heavy (non-hydrogen) atoms. The Labute approximate surface area is 85.0 Å². The SMILES string of the molecule is CCC1CC2([SiH](Cl)Cl)C=CC1C2. The Hall–Kier alpha value is 0.537. The van der Waals surface area contributed by atoms with Crippen molar-refractivity contribution in [1.29, 1.82) is 0 Å². The van der Waals surface area contributed by atoms with Gasteiger partial charge in [-0.2, -0.15) is 0 Å². The third-order valence-electron chi connectivity index (χ3n) is 3.50. The number of allylic oxidation sites excluding steroid dienone is 2. The average molecular weight is 221 g/mol. The van der Waals surface area contributed by atoms with Gasteiger partial charge in [0.1, 0.15) is 0 Å². The van der Waals surface area contributed by atoms with E-state index in [1.807, 2.05) is 0 Å². The molecule has 0 radical (unpaired) electrons. The second-order valence-electron chi connectivity index (χ2n) is 4.13. The molecule has 1 saturated carbocycles. The summed E-state index contributed by atoms with van der Waals surface area (Å²) in [6.07, 6.45) is 8.44. The zero-order chi connectivity index (χ0) is 8.77. The molecule has 0 heterocycles. The third-order valence-corrected chi connectivity index (χ3v) is 7.64. The van der Waals surface area contributed by atoms with Crippen LogP contribution in [0.3, 0.4) is 0 Å². The molecular formula is C9H14Cl2Si. The van der Waals surface area contributed by atoms with Gasteiger partial charge in [-0.05, 0) is 24.7 Å². The van der Waals surface area contributed by atoms with Gasteiger partial charge < -0.3 is 0 Å². The smallest absolute Gasteiger partial charge is 0.149 e. The predicted molar refractivity (Wildman–Crippen MR) is 57.2 cm³/mol. The first-order valence-corrected chi connectivity index (χ1v) is 8.72. The molecule has 2 rings (SSSR count). The topological polar surface area (TPSA) is 0 Å². The van der Waals surface area contributed by atoms with Crippen molar-refractivity contribution in [3.8, 4) is 0 Å². The van der Waals surface area contributed by atoms with E-state index in [2.05, 4.69) is 19.1 Å². The highest BCUT2D eigenvalue weighted by Crippen LogP contribution is 2.61. The lowest BCUT2D eigenvalue weighted by molar-refractivity contribution is 0.435. The number of hydrogen-bond acceptors (Lipinski definition) is 0. The van der Waals surface area contributed by atoms with Gasteiger partial charge in [-0.3, -0.25) is 0 Å². The molecule has 0 saturated heterocycles. The Morgan fingerprint density at radius 2 is 2.25 bits per heavy atom. The van der Waals surface area contributed by atoms with Crippen molar-refractivity contribution in [2.24, 2.45) is 11.8 Å². The molecule has 0 aromatic heterocycles. The molecular weight excluding hydrogens is 207 g/mol. The van der Waals surface area contributed by atoms with Crippen molar-refractivity contribution in [2.45, 2.75) is 31.2 Å². The molecule has 3 atom stereocenters. The number of fused-ring (bicyclic) bond motifs is 2. The number of rotatable bonds is 2. The highest BCUT2D eigenvalue weighted by Gasteiger charge is 2.50. The first-order valence-electron chi connectivity index (χ1n) is 4.65. The summed E-state index contributed by atoms with van der Waals surface area (Å²) in [6.45, 7) is 2.27. The molecule has 68 valence electrons. The van der Waals surface area contributed by atoms with Crippen LogP contribution in [0.15, 0.2) is 12.2 Å². The van der Waals surface area contributed by atoms with E-state index in [9.17, 15) is 0 Å². The van der Waals surface area contributed by atoms with Gasteiger partial charge in [-0.15, -0.1) is 22.2 Å². The highest BCUT2D eigenvalue weighted by atomic mass is 35.7. The fourth-order valence-electron chi connectivity index (χ4n) is 2.70. The second kappa shape index (κ2) is 3.04. The van der Waals surface area contributed by atoms with Crippen LogP contribution >= 0.6 is 22.2 Å². The molecule has 1 fully saturated rings. The maximum atomic E-state index is 6.14. The van der Waals surface area contributed by atoms with E-state index in [1.165, 1.54) is 19.3 Å². The van der Waals surface area contributed by atoms with Crippen molar-refractivity contribution in [1.82, 2.24) is 0 Å². The van der Waals surface area contributed by atoms with Crippen LogP contribution < -0.4 is 0 Å². The largest absolute Gasteiger partial charge is 0.246 e. The summed E-state index contributed by atoms with van der Waals surface area (Å²) in [6, 6.07) is 0. The van der Waals surface area contributed by atoms with Gasteiger partial charge in [0.25, 0.3) is 0 Å². The van der Waals surface area contributed by atoms with Gasteiger partial charge in [-0.1, -0.05) is 25.5 Å². The van der Waals surface area contributed by atoms with Crippen molar-refractivity contribution in [3.63, 3.8) is 0 Å². The van der Waals surface area contributed by atoms with Crippen molar-refractivity contribution in [3.05, 3.63) is 12.2 Å². The molecule has 0 aromatic rings. The summed E-state index contributed by atoms with van der Waals surface area (Å²) >= 11 is 12.3. The molecule has 0 amide bonds. The summed E-state index contributed by atoms with van der Waals surface area (Å²) in [7, 11) is -1.51. The number of halogens is 2. The molecule has 0 aliphatic heterocycles. The monoisotopic (exact) mass is 220 g/mol. The van der Waals surface area contributed by atoms with Crippen LogP contribution in [0.2, 0.25) is 5.04 Å². The normalized spacial score (nSPS) is 44.7. The highest BCUT2D eigenvalue weighted by molar-refractivity contribution is 7.35.